The van der Waals surface area contributed by atoms with Crippen LogP contribution in [0.5, 0.6) is 5.75 Å². The van der Waals surface area contributed by atoms with E-state index >= 15 is 0 Å². The Hall–Kier alpha value is -1.33. The first kappa shape index (κ1) is 15.1. The zero-order chi connectivity index (χ0) is 14.7. The third-order valence-corrected chi connectivity index (χ3v) is 3.68. The summed E-state index contributed by atoms with van der Waals surface area (Å²) < 4.78 is 8.14. The van der Waals surface area contributed by atoms with Gasteiger partial charge in [-0.2, -0.15) is 5.10 Å². The fraction of sp³-hybridized carbons (Fsp3) is 0.400. The number of hydrogen-bond donors (Lipinski definition) is 1. The van der Waals surface area contributed by atoms with Crippen molar-refractivity contribution in [1.29, 1.82) is 0 Å². The highest BCUT2D eigenvalue weighted by molar-refractivity contribution is 9.10. The van der Waals surface area contributed by atoms with Gasteiger partial charge in [0, 0.05) is 28.7 Å². The third kappa shape index (κ3) is 3.41. The topological polar surface area (TPSA) is 47.3 Å². The van der Waals surface area contributed by atoms with Crippen LogP contribution in [0.4, 0.5) is 0 Å². The van der Waals surface area contributed by atoms with Crippen molar-refractivity contribution < 1.29 is 9.84 Å². The Morgan fingerprint density at radius 1 is 1.40 bits per heavy atom. The zero-order valence-corrected chi connectivity index (χ0v) is 13.5. The Kier molecular flexibility index (Phi) is 4.83. The predicted molar refractivity (Wildman–Crippen MR) is 82.0 cm³/mol. The molecule has 0 saturated carbocycles. The number of methoxy groups -OCH3 is 1. The minimum Gasteiger partial charge on any atom is -0.496 e. The minimum atomic E-state index is -0.592. The van der Waals surface area contributed by atoms with E-state index in [9.17, 15) is 5.11 Å². The van der Waals surface area contributed by atoms with Gasteiger partial charge < -0.3 is 9.84 Å². The van der Waals surface area contributed by atoms with Crippen LogP contribution in [-0.4, -0.2) is 22.0 Å². The molecule has 0 bridgehead atoms. The van der Waals surface area contributed by atoms with Gasteiger partial charge in [0.2, 0.25) is 0 Å². The van der Waals surface area contributed by atoms with Crippen LogP contribution in [0, 0.1) is 0 Å². The van der Waals surface area contributed by atoms with Gasteiger partial charge in [-0.1, -0.05) is 15.9 Å². The number of nitrogens with zero attached hydrogens (tertiary/aromatic N) is 2. The van der Waals surface area contributed by atoms with Crippen LogP contribution in [0.15, 0.2) is 35.1 Å². The van der Waals surface area contributed by atoms with Gasteiger partial charge in [0.15, 0.2) is 0 Å². The van der Waals surface area contributed by atoms with Crippen LogP contribution in [0.25, 0.3) is 0 Å². The zero-order valence-electron chi connectivity index (χ0n) is 11.9. The van der Waals surface area contributed by atoms with Crippen LogP contribution in [0.2, 0.25) is 0 Å². The van der Waals surface area contributed by atoms with Gasteiger partial charge >= 0.3 is 0 Å². The molecule has 0 spiro atoms. The molecule has 0 amide bonds. The Labute approximate surface area is 127 Å². The Bertz CT molecular complexity index is 581. The molecule has 0 aliphatic heterocycles. The Balaban J connectivity index is 2.18. The largest absolute Gasteiger partial charge is 0.496 e. The second kappa shape index (κ2) is 6.41. The fourth-order valence-electron chi connectivity index (χ4n) is 2.04. The maximum absolute atomic E-state index is 10.4. The molecule has 4 nitrogen and oxygen atoms in total. The van der Waals surface area contributed by atoms with Crippen LogP contribution >= 0.6 is 15.9 Å². The van der Waals surface area contributed by atoms with E-state index in [-0.39, 0.29) is 6.04 Å². The number of hydrogen-bond acceptors (Lipinski definition) is 3. The normalized spacial score (nSPS) is 12.7. The maximum atomic E-state index is 10.4. The standard InChI is InChI=1S/C15H19BrN2O2/c1-10(2)18-9-12(8-17-18)14(19)7-11-6-13(16)4-5-15(11)20-3/h4-6,8-10,14,19H,7H2,1-3H3. The quantitative estimate of drug-likeness (QED) is 0.907. The van der Waals surface area contributed by atoms with E-state index in [1.54, 1.807) is 13.3 Å². The van der Waals surface area contributed by atoms with Crippen LogP contribution < -0.4 is 4.74 Å². The second-order valence-corrected chi connectivity index (χ2v) is 5.94. The van der Waals surface area contributed by atoms with E-state index < -0.39 is 6.10 Å². The average molecular weight is 339 g/mol. The molecule has 2 aromatic rings. The van der Waals surface area contributed by atoms with E-state index in [2.05, 4.69) is 34.9 Å². The molecule has 108 valence electrons. The molecule has 0 fully saturated rings. The Morgan fingerprint density at radius 3 is 2.75 bits per heavy atom. The molecule has 0 aliphatic carbocycles. The molecular weight excluding hydrogens is 320 g/mol. The average Bonchev–Trinajstić information content (AvgIpc) is 2.89. The highest BCUT2D eigenvalue weighted by Gasteiger charge is 2.15. The van der Waals surface area contributed by atoms with Crippen LogP contribution in [0.3, 0.4) is 0 Å². The minimum absolute atomic E-state index is 0.288. The van der Waals surface area contributed by atoms with Gasteiger partial charge in [-0.3, -0.25) is 4.68 Å². The first-order valence-electron chi connectivity index (χ1n) is 6.55. The van der Waals surface area contributed by atoms with Crippen LogP contribution in [-0.2, 0) is 6.42 Å². The molecule has 1 heterocycles. The lowest BCUT2D eigenvalue weighted by molar-refractivity contribution is 0.177. The van der Waals surface area contributed by atoms with Crippen molar-refractivity contribution in [2.45, 2.75) is 32.4 Å². The summed E-state index contributed by atoms with van der Waals surface area (Å²) in [7, 11) is 1.63. The second-order valence-electron chi connectivity index (χ2n) is 5.02. The summed E-state index contributed by atoms with van der Waals surface area (Å²) in [5, 5.41) is 14.6. The first-order chi connectivity index (χ1) is 9.51. The van der Waals surface area contributed by atoms with Crippen molar-refractivity contribution in [1.82, 2.24) is 9.78 Å². The van der Waals surface area contributed by atoms with E-state index in [4.69, 9.17) is 4.74 Å². The predicted octanol–water partition coefficient (Wildman–Crippen LogP) is 3.51. The van der Waals surface area contributed by atoms with Crippen molar-refractivity contribution in [3.8, 4) is 5.75 Å². The summed E-state index contributed by atoms with van der Waals surface area (Å²) in [6.45, 7) is 4.11. The third-order valence-electron chi connectivity index (χ3n) is 3.19. The summed E-state index contributed by atoms with van der Waals surface area (Å²) in [5.74, 6) is 0.781. The van der Waals surface area contributed by atoms with Gasteiger partial charge in [0.25, 0.3) is 0 Å². The number of halogens is 1. The van der Waals surface area contributed by atoms with Gasteiger partial charge in [0.05, 0.1) is 19.4 Å². The Morgan fingerprint density at radius 2 is 2.15 bits per heavy atom. The van der Waals surface area contributed by atoms with E-state index in [1.807, 2.05) is 29.1 Å². The number of benzene rings is 1. The molecule has 0 saturated heterocycles. The van der Waals surface area contributed by atoms with Gasteiger partial charge in [-0.25, -0.2) is 0 Å². The lowest BCUT2D eigenvalue weighted by Crippen LogP contribution is -2.03. The first-order valence-corrected chi connectivity index (χ1v) is 7.35. The molecule has 0 aliphatic rings. The van der Waals surface area contributed by atoms with E-state index in [0.29, 0.717) is 6.42 Å². The summed E-state index contributed by atoms with van der Waals surface area (Å²) in [4.78, 5) is 0. The smallest absolute Gasteiger partial charge is 0.122 e. The van der Waals surface area contributed by atoms with Crippen molar-refractivity contribution in [3.05, 3.63) is 46.2 Å². The summed E-state index contributed by atoms with van der Waals surface area (Å²) >= 11 is 3.44. The summed E-state index contributed by atoms with van der Waals surface area (Å²) in [6.07, 6.45) is 3.51. The van der Waals surface area contributed by atoms with Crippen molar-refractivity contribution in [2.24, 2.45) is 0 Å². The van der Waals surface area contributed by atoms with Crippen molar-refractivity contribution in [3.63, 3.8) is 0 Å². The molecule has 1 aromatic heterocycles. The van der Waals surface area contributed by atoms with Gasteiger partial charge in [-0.15, -0.1) is 0 Å². The summed E-state index contributed by atoms with van der Waals surface area (Å²) in [6, 6.07) is 6.07. The number of ether oxygens (including phenoxy) is 1. The fourth-order valence-corrected chi connectivity index (χ4v) is 2.45. The number of aliphatic hydroxyl groups excluding tert-OH is 1. The van der Waals surface area contributed by atoms with Crippen LogP contribution in [0.1, 0.15) is 37.1 Å². The van der Waals surface area contributed by atoms with Crippen molar-refractivity contribution >= 4 is 15.9 Å². The van der Waals surface area contributed by atoms with Gasteiger partial charge in [-0.05, 0) is 37.6 Å². The lowest BCUT2D eigenvalue weighted by Gasteiger charge is -2.13. The monoisotopic (exact) mass is 338 g/mol. The summed E-state index contributed by atoms with van der Waals surface area (Å²) in [5.41, 5.74) is 1.78. The SMILES string of the molecule is COc1ccc(Br)cc1CC(O)c1cnn(C(C)C)c1. The maximum Gasteiger partial charge on any atom is 0.122 e. The van der Waals surface area contributed by atoms with Gasteiger partial charge in [0.1, 0.15) is 5.75 Å². The number of aromatic nitrogens is 2. The molecule has 0 radical (unpaired) electrons. The molecule has 1 atom stereocenters. The number of rotatable bonds is 5. The molecule has 1 unspecified atom stereocenters. The van der Waals surface area contributed by atoms with Crippen molar-refractivity contribution in [2.75, 3.05) is 7.11 Å². The molecule has 1 N–H and O–H groups in total. The van der Waals surface area contributed by atoms with E-state index in [0.717, 1.165) is 21.3 Å². The highest BCUT2D eigenvalue weighted by Crippen LogP contribution is 2.28. The van der Waals surface area contributed by atoms with E-state index in [1.165, 1.54) is 0 Å². The molecule has 2 rings (SSSR count). The number of aliphatic hydroxyl groups is 1. The molecule has 20 heavy (non-hydrogen) atoms. The molecule has 5 heteroatoms. The molecule has 1 aromatic carbocycles. The molecular formula is C15H19BrN2O2. The highest BCUT2D eigenvalue weighted by atomic mass is 79.9. The lowest BCUT2D eigenvalue weighted by atomic mass is 10.0.